The molecule has 2 fully saturated rings. The van der Waals surface area contributed by atoms with Crippen LogP contribution in [-0.2, 0) is 0 Å². The SMILES string of the molecule is COc1nc(Nc2cc(-c3ccc(OC4CCN(C)CC4(F)F)c(C#N)c3)ncn2)ccc1N1CCN(C)CC1. The van der Waals surface area contributed by atoms with Crippen molar-refractivity contribution in [1.29, 1.82) is 5.26 Å². The summed E-state index contributed by atoms with van der Waals surface area (Å²) in [6.07, 6.45) is 0.290. The maximum atomic E-state index is 14.5. The number of nitriles is 1. The van der Waals surface area contributed by atoms with Gasteiger partial charge in [-0.1, -0.05) is 0 Å². The number of nitrogens with one attached hydrogen (secondary N) is 1. The number of rotatable bonds is 7. The molecule has 1 aromatic carbocycles. The Bertz CT molecular complexity index is 1390. The van der Waals surface area contributed by atoms with Gasteiger partial charge in [-0.05, 0) is 44.4 Å². The van der Waals surface area contributed by atoms with Gasteiger partial charge in [-0.15, -0.1) is 0 Å². The Hall–Kier alpha value is -4.08. The van der Waals surface area contributed by atoms with Crippen LogP contribution in [0.15, 0.2) is 42.7 Å². The van der Waals surface area contributed by atoms with Gasteiger partial charge in [0.2, 0.25) is 5.88 Å². The quantitative estimate of drug-likeness (QED) is 0.469. The standard InChI is InChI=1S/C28H32F2N8O2/c1-36-10-12-38(13-11-36)22-5-7-25(35-27(22)39-3)34-26-15-21(32-18-33-26)19-4-6-23(20(14-19)16-31)40-24-8-9-37(2)17-28(24,29)30/h4-7,14-15,18,24H,8-13,17H2,1-3H3,(H,32,33,34,35). The fraction of sp³-hybridized carbons (Fsp3) is 0.429. The molecule has 0 spiro atoms. The third-order valence-corrected chi connectivity index (χ3v) is 7.19. The predicted octanol–water partition coefficient (Wildman–Crippen LogP) is 3.63. The zero-order chi connectivity index (χ0) is 28.3. The highest BCUT2D eigenvalue weighted by molar-refractivity contribution is 5.68. The number of halogens is 2. The number of anilines is 3. The summed E-state index contributed by atoms with van der Waals surface area (Å²) in [6, 6.07) is 12.5. The van der Waals surface area contributed by atoms with E-state index in [1.165, 1.54) is 6.33 Å². The van der Waals surface area contributed by atoms with Crippen molar-refractivity contribution in [2.75, 3.05) is 70.7 Å². The lowest BCUT2D eigenvalue weighted by molar-refractivity contribution is -0.135. The lowest BCUT2D eigenvalue weighted by Crippen LogP contribution is -2.52. The minimum atomic E-state index is -3.01. The molecule has 12 heteroatoms. The second-order valence-corrected chi connectivity index (χ2v) is 10.1. The number of likely N-dealkylation sites (tertiary alicyclic amines) is 1. The summed E-state index contributed by atoms with van der Waals surface area (Å²) in [7, 11) is 5.36. The third kappa shape index (κ3) is 6.05. The Morgan fingerprint density at radius 3 is 2.52 bits per heavy atom. The van der Waals surface area contributed by atoms with Gasteiger partial charge in [0.15, 0.2) is 6.10 Å². The summed E-state index contributed by atoms with van der Waals surface area (Å²) in [5, 5.41) is 12.9. The molecule has 2 saturated heterocycles. The zero-order valence-corrected chi connectivity index (χ0v) is 22.8. The molecule has 0 amide bonds. The van der Waals surface area contributed by atoms with E-state index in [-0.39, 0.29) is 24.3 Å². The van der Waals surface area contributed by atoms with Crippen LogP contribution in [0.2, 0.25) is 0 Å². The number of hydrogen-bond acceptors (Lipinski definition) is 10. The highest BCUT2D eigenvalue weighted by Crippen LogP contribution is 2.34. The van der Waals surface area contributed by atoms with Gasteiger partial charge in [-0.2, -0.15) is 10.2 Å². The largest absolute Gasteiger partial charge is 0.483 e. The Kier molecular flexibility index (Phi) is 7.95. The zero-order valence-electron chi connectivity index (χ0n) is 22.8. The molecule has 1 unspecified atom stereocenters. The maximum absolute atomic E-state index is 14.5. The van der Waals surface area contributed by atoms with Gasteiger partial charge in [-0.3, -0.25) is 0 Å². The van der Waals surface area contributed by atoms with Gasteiger partial charge in [0.1, 0.15) is 35.5 Å². The Balaban J connectivity index is 1.32. The molecule has 5 rings (SSSR count). The van der Waals surface area contributed by atoms with Crippen LogP contribution in [0.3, 0.4) is 0 Å². The Labute approximate surface area is 232 Å². The molecule has 1 atom stereocenters. The average Bonchev–Trinajstić information content (AvgIpc) is 2.95. The van der Waals surface area contributed by atoms with Crippen LogP contribution in [0, 0.1) is 11.3 Å². The van der Waals surface area contributed by atoms with Gasteiger partial charge in [0.25, 0.3) is 5.92 Å². The van der Waals surface area contributed by atoms with Crippen molar-refractivity contribution in [3.8, 4) is 29.0 Å². The first-order valence-electron chi connectivity index (χ1n) is 13.1. The van der Waals surface area contributed by atoms with Crippen LogP contribution >= 0.6 is 0 Å². The number of ether oxygens (including phenoxy) is 2. The van der Waals surface area contributed by atoms with E-state index in [9.17, 15) is 14.0 Å². The number of piperazine rings is 1. The Morgan fingerprint density at radius 2 is 1.80 bits per heavy atom. The van der Waals surface area contributed by atoms with Crippen LogP contribution in [0.25, 0.3) is 11.3 Å². The summed E-state index contributed by atoms with van der Waals surface area (Å²) in [6.45, 7) is 3.84. The average molecular weight is 551 g/mol. The van der Waals surface area contributed by atoms with Crippen molar-refractivity contribution in [2.45, 2.75) is 18.4 Å². The number of likely N-dealkylation sites (N-methyl/N-ethyl adjacent to an activating group) is 1. The van der Waals surface area contributed by atoms with Gasteiger partial charge in [-0.25, -0.2) is 18.7 Å². The van der Waals surface area contributed by atoms with E-state index in [4.69, 9.17) is 9.47 Å². The molecule has 10 nitrogen and oxygen atoms in total. The summed E-state index contributed by atoms with van der Waals surface area (Å²) in [4.78, 5) is 19.4. The summed E-state index contributed by atoms with van der Waals surface area (Å²) in [5.41, 5.74) is 2.27. The first kappa shape index (κ1) is 27.5. The molecule has 1 N–H and O–H groups in total. The van der Waals surface area contributed by atoms with Gasteiger partial charge in [0, 0.05) is 50.8 Å². The van der Waals surface area contributed by atoms with E-state index in [0.717, 1.165) is 31.9 Å². The van der Waals surface area contributed by atoms with Crippen molar-refractivity contribution in [3.63, 3.8) is 0 Å². The molecule has 2 aliphatic heterocycles. The number of benzene rings is 1. The number of pyridine rings is 1. The fourth-order valence-electron chi connectivity index (χ4n) is 4.92. The van der Waals surface area contributed by atoms with E-state index < -0.39 is 12.0 Å². The molecule has 2 aliphatic rings. The number of nitrogens with zero attached hydrogens (tertiary/aromatic N) is 7. The van der Waals surface area contributed by atoms with Crippen LogP contribution in [-0.4, -0.2) is 97.3 Å². The number of hydrogen-bond donors (Lipinski definition) is 1. The second-order valence-electron chi connectivity index (χ2n) is 10.1. The molecule has 210 valence electrons. The van der Waals surface area contributed by atoms with Gasteiger partial charge < -0.3 is 29.5 Å². The first-order valence-corrected chi connectivity index (χ1v) is 13.1. The molecule has 2 aromatic heterocycles. The van der Waals surface area contributed by atoms with E-state index in [0.29, 0.717) is 35.3 Å². The van der Waals surface area contributed by atoms with E-state index in [1.807, 2.05) is 12.1 Å². The van der Waals surface area contributed by atoms with E-state index >= 15 is 0 Å². The molecule has 4 heterocycles. The second kappa shape index (κ2) is 11.6. The highest BCUT2D eigenvalue weighted by atomic mass is 19.3. The first-order chi connectivity index (χ1) is 19.3. The maximum Gasteiger partial charge on any atom is 0.296 e. The minimum absolute atomic E-state index is 0.129. The third-order valence-electron chi connectivity index (χ3n) is 7.19. The number of aromatic nitrogens is 3. The minimum Gasteiger partial charge on any atom is -0.483 e. The van der Waals surface area contributed by atoms with Crippen molar-refractivity contribution in [2.24, 2.45) is 0 Å². The molecule has 0 saturated carbocycles. The number of alkyl halides is 2. The molecule has 3 aromatic rings. The highest BCUT2D eigenvalue weighted by Gasteiger charge is 2.45. The summed E-state index contributed by atoms with van der Waals surface area (Å²) >= 11 is 0. The van der Waals surface area contributed by atoms with Crippen LogP contribution in [0.5, 0.6) is 11.6 Å². The molecule has 0 aliphatic carbocycles. The lowest BCUT2D eigenvalue weighted by atomic mass is 10.0. The van der Waals surface area contributed by atoms with E-state index in [2.05, 4.69) is 43.2 Å². The van der Waals surface area contributed by atoms with Crippen molar-refractivity contribution in [3.05, 3.63) is 48.3 Å². The van der Waals surface area contributed by atoms with E-state index in [1.54, 1.807) is 43.3 Å². The molecule has 40 heavy (non-hydrogen) atoms. The molecular weight excluding hydrogens is 518 g/mol. The van der Waals surface area contributed by atoms with Crippen LogP contribution in [0.4, 0.5) is 26.1 Å². The normalized spacial score (nSPS) is 19.6. The van der Waals surface area contributed by atoms with Crippen molar-refractivity contribution < 1.29 is 18.3 Å². The van der Waals surface area contributed by atoms with Crippen LogP contribution in [0.1, 0.15) is 12.0 Å². The topological polar surface area (TPSA) is 103 Å². The molecule has 0 bridgehead atoms. The smallest absolute Gasteiger partial charge is 0.296 e. The number of methoxy groups -OCH3 is 1. The summed E-state index contributed by atoms with van der Waals surface area (Å²) < 4.78 is 40.2. The van der Waals surface area contributed by atoms with Crippen molar-refractivity contribution in [1.82, 2.24) is 24.8 Å². The Morgan fingerprint density at radius 1 is 1.00 bits per heavy atom. The van der Waals surface area contributed by atoms with Crippen LogP contribution < -0.4 is 19.7 Å². The number of piperidine rings is 1. The van der Waals surface area contributed by atoms with Crippen molar-refractivity contribution >= 4 is 17.3 Å². The predicted molar refractivity (Wildman–Crippen MR) is 147 cm³/mol. The fourth-order valence-corrected chi connectivity index (χ4v) is 4.92. The monoisotopic (exact) mass is 550 g/mol. The molecule has 0 radical (unpaired) electrons. The van der Waals surface area contributed by atoms with Gasteiger partial charge >= 0.3 is 0 Å². The summed E-state index contributed by atoms with van der Waals surface area (Å²) in [5.74, 6) is -1.31. The lowest BCUT2D eigenvalue weighted by Gasteiger charge is -2.36. The van der Waals surface area contributed by atoms with Gasteiger partial charge in [0.05, 0.1) is 24.9 Å². The molecular formula is C28H32F2N8O2.